The molecule has 0 N–H and O–H groups in total. The molecule has 0 aliphatic rings. The fourth-order valence-electron chi connectivity index (χ4n) is 1.70. The van der Waals surface area contributed by atoms with E-state index < -0.39 is 9.76 Å². The minimum atomic E-state index is -0.569. The summed E-state index contributed by atoms with van der Waals surface area (Å²) in [5, 5.41) is 0. The van der Waals surface area contributed by atoms with E-state index in [1.54, 1.807) is 7.11 Å². The lowest BCUT2D eigenvalue weighted by atomic mass is 9.97. The van der Waals surface area contributed by atoms with Gasteiger partial charge in [0.1, 0.15) is 0 Å². The summed E-state index contributed by atoms with van der Waals surface area (Å²) in [7, 11) is 1.14. The van der Waals surface area contributed by atoms with E-state index in [0.29, 0.717) is 6.61 Å². The number of carbonyl (C=O) groups excluding carboxylic acids is 1. The average molecular weight is 274 g/mol. The molecule has 0 aromatic carbocycles. The smallest absolute Gasteiger partial charge is 0.311 e. The molecule has 0 aliphatic heterocycles. The first-order valence-electron chi connectivity index (χ1n) is 7.20. The zero-order valence-electron chi connectivity index (χ0n) is 12.6. The van der Waals surface area contributed by atoms with E-state index in [-0.39, 0.29) is 11.4 Å². The zero-order chi connectivity index (χ0) is 13.9. The Bertz CT molecular complexity index is 217. The summed E-state index contributed by atoms with van der Waals surface area (Å²) in [6.07, 6.45) is 7.30. The van der Waals surface area contributed by atoms with Gasteiger partial charge in [0.25, 0.3) is 0 Å². The Balaban J connectivity index is 3.57. The molecule has 0 rings (SSSR count). The Morgan fingerprint density at radius 1 is 1.11 bits per heavy atom. The van der Waals surface area contributed by atoms with Crippen molar-refractivity contribution in [3.05, 3.63) is 0 Å². The molecule has 0 saturated carbocycles. The number of carbonyl (C=O) groups is 1. The van der Waals surface area contributed by atoms with E-state index >= 15 is 0 Å². The summed E-state index contributed by atoms with van der Waals surface area (Å²) >= 11 is 0. The molecule has 18 heavy (non-hydrogen) atoms. The van der Waals surface area contributed by atoms with Crippen LogP contribution in [0.3, 0.4) is 0 Å². The lowest BCUT2D eigenvalue weighted by molar-refractivity contribution is -0.153. The predicted molar refractivity (Wildman–Crippen MR) is 78.5 cm³/mol. The van der Waals surface area contributed by atoms with Crippen molar-refractivity contribution in [2.24, 2.45) is 5.41 Å². The third-order valence-electron chi connectivity index (χ3n) is 3.21. The van der Waals surface area contributed by atoms with Crippen LogP contribution in [0, 0.1) is 5.41 Å². The fraction of sp³-hybridized carbons (Fsp3) is 0.929. The van der Waals surface area contributed by atoms with Crippen molar-refractivity contribution >= 4 is 15.7 Å². The van der Waals surface area contributed by atoms with Gasteiger partial charge in [-0.1, -0.05) is 39.0 Å². The summed E-state index contributed by atoms with van der Waals surface area (Å²) in [5.74, 6) is -0.0689. The van der Waals surface area contributed by atoms with Crippen molar-refractivity contribution in [2.45, 2.75) is 65.3 Å². The van der Waals surface area contributed by atoms with Crippen molar-refractivity contribution in [1.29, 1.82) is 0 Å². The first kappa shape index (κ1) is 17.6. The minimum absolute atomic E-state index is 0.0689. The Kier molecular flexibility index (Phi) is 10.4. The highest BCUT2D eigenvalue weighted by molar-refractivity contribution is 6.28. The molecule has 0 aliphatic carbocycles. The largest absolute Gasteiger partial charge is 0.465 e. The Hall–Kier alpha value is -0.353. The van der Waals surface area contributed by atoms with Crippen LogP contribution in [0.25, 0.3) is 0 Å². The number of rotatable bonds is 11. The van der Waals surface area contributed by atoms with Crippen LogP contribution >= 0.6 is 0 Å². The molecule has 0 aromatic rings. The molecule has 0 heterocycles. The van der Waals surface area contributed by atoms with Crippen LogP contribution in [0.1, 0.15) is 59.3 Å². The van der Waals surface area contributed by atoms with Crippen molar-refractivity contribution in [1.82, 2.24) is 0 Å². The van der Waals surface area contributed by atoms with E-state index in [2.05, 4.69) is 6.92 Å². The van der Waals surface area contributed by atoms with Gasteiger partial charge in [-0.2, -0.15) is 0 Å². The van der Waals surface area contributed by atoms with Gasteiger partial charge in [-0.15, -0.1) is 0 Å². The lowest BCUT2D eigenvalue weighted by Crippen LogP contribution is -2.28. The molecule has 0 aromatic heterocycles. The quantitative estimate of drug-likeness (QED) is 0.330. The molecular weight excluding hydrogens is 244 g/mol. The molecule has 0 amide bonds. The van der Waals surface area contributed by atoms with Crippen molar-refractivity contribution < 1.29 is 14.0 Å². The predicted octanol–water partition coefficient (Wildman–Crippen LogP) is 3.06. The summed E-state index contributed by atoms with van der Waals surface area (Å²) < 4.78 is 10.5. The van der Waals surface area contributed by atoms with Gasteiger partial charge in [0.05, 0.1) is 12.0 Å². The maximum atomic E-state index is 11.9. The fourth-order valence-corrected chi connectivity index (χ4v) is 2.62. The normalized spacial score (nSPS) is 12.2. The maximum absolute atomic E-state index is 11.9. The van der Waals surface area contributed by atoms with Crippen LogP contribution in [-0.2, 0) is 14.0 Å². The standard InChI is InChI=1S/C14H30O3Si/c1-5-6-7-8-9-10-11-17-13(15)14(2,3)12-18-16-4/h5-12,18H2,1-4H3. The molecule has 108 valence electrons. The molecule has 0 atom stereocenters. The summed E-state index contributed by atoms with van der Waals surface area (Å²) in [5.41, 5.74) is -0.371. The Morgan fingerprint density at radius 3 is 2.33 bits per heavy atom. The van der Waals surface area contributed by atoms with E-state index in [9.17, 15) is 4.79 Å². The van der Waals surface area contributed by atoms with Gasteiger partial charge in [0.15, 0.2) is 9.76 Å². The first-order chi connectivity index (χ1) is 8.54. The molecule has 0 saturated heterocycles. The Morgan fingerprint density at radius 2 is 1.72 bits per heavy atom. The first-order valence-corrected chi connectivity index (χ1v) is 8.78. The van der Waals surface area contributed by atoms with Gasteiger partial charge in [-0.25, -0.2) is 0 Å². The van der Waals surface area contributed by atoms with E-state index in [1.165, 1.54) is 32.1 Å². The average Bonchev–Trinajstić information content (AvgIpc) is 2.35. The monoisotopic (exact) mass is 274 g/mol. The van der Waals surface area contributed by atoms with Gasteiger partial charge in [0, 0.05) is 7.11 Å². The van der Waals surface area contributed by atoms with Crippen LogP contribution in [0.4, 0.5) is 0 Å². The highest BCUT2D eigenvalue weighted by Crippen LogP contribution is 2.22. The maximum Gasteiger partial charge on any atom is 0.311 e. The lowest BCUT2D eigenvalue weighted by Gasteiger charge is -2.21. The summed E-state index contributed by atoms with van der Waals surface area (Å²) in [6, 6.07) is 0.846. The summed E-state index contributed by atoms with van der Waals surface area (Å²) in [4.78, 5) is 11.9. The van der Waals surface area contributed by atoms with Crippen molar-refractivity contribution in [3.63, 3.8) is 0 Å². The van der Waals surface area contributed by atoms with Crippen LogP contribution in [0.15, 0.2) is 0 Å². The molecule has 3 nitrogen and oxygen atoms in total. The highest BCUT2D eigenvalue weighted by Gasteiger charge is 2.28. The second kappa shape index (κ2) is 10.6. The second-order valence-corrected chi connectivity index (χ2v) is 7.02. The molecule has 0 unspecified atom stereocenters. The van der Waals surface area contributed by atoms with Crippen molar-refractivity contribution in [2.75, 3.05) is 13.7 Å². The third kappa shape index (κ3) is 8.70. The van der Waals surface area contributed by atoms with Crippen LogP contribution in [0.5, 0.6) is 0 Å². The van der Waals surface area contributed by atoms with Gasteiger partial charge in [0.2, 0.25) is 0 Å². The van der Waals surface area contributed by atoms with Gasteiger partial charge in [-0.3, -0.25) is 4.79 Å². The molecule has 0 spiro atoms. The number of hydrogen-bond acceptors (Lipinski definition) is 3. The number of ether oxygens (including phenoxy) is 1. The molecule has 0 bridgehead atoms. The third-order valence-corrected chi connectivity index (χ3v) is 5.08. The van der Waals surface area contributed by atoms with Crippen LogP contribution in [0.2, 0.25) is 6.04 Å². The van der Waals surface area contributed by atoms with Gasteiger partial charge < -0.3 is 9.16 Å². The molecular formula is C14H30O3Si. The van der Waals surface area contributed by atoms with Gasteiger partial charge >= 0.3 is 5.97 Å². The van der Waals surface area contributed by atoms with Crippen molar-refractivity contribution in [3.8, 4) is 0 Å². The summed E-state index contributed by atoms with van der Waals surface area (Å²) in [6.45, 7) is 6.68. The van der Waals surface area contributed by atoms with E-state index in [4.69, 9.17) is 9.16 Å². The number of unbranched alkanes of at least 4 members (excludes halogenated alkanes) is 5. The SMILES string of the molecule is CCCCCCCCOC(=O)C(C)(C)C[SiH2]OC. The molecule has 0 fully saturated rings. The van der Waals surface area contributed by atoms with E-state index in [0.717, 1.165) is 12.5 Å². The topological polar surface area (TPSA) is 35.5 Å². The van der Waals surface area contributed by atoms with Crippen LogP contribution < -0.4 is 0 Å². The van der Waals surface area contributed by atoms with Gasteiger partial charge in [-0.05, 0) is 26.3 Å². The molecule has 0 radical (unpaired) electrons. The second-order valence-electron chi connectivity index (χ2n) is 5.53. The zero-order valence-corrected chi connectivity index (χ0v) is 14.0. The minimum Gasteiger partial charge on any atom is -0.465 e. The highest BCUT2D eigenvalue weighted by atomic mass is 28.2. The van der Waals surface area contributed by atoms with Crippen LogP contribution in [-0.4, -0.2) is 29.4 Å². The van der Waals surface area contributed by atoms with E-state index in [1.807, 2.05) is 13.8 Å². The number of esters is 1. The Labute approximate surface area is 115 Å². The number of hydrogen-bond donors (Lipinski definition) is 0. The molecule has 4 heteroatoms.